The number of nitrogens with zero attached hydrogens (tertiary/aromatic N) is 1. The minimum atomic E-state index is 0.00595. The quantitative estimate of drug-likeness (QED) is 0.173. The molecule has 6 aromatic carbocycles. The van der Waals surface area contributed by atoms with Crippen LogP contribution in [0.5, 0.6) is 0 Å². The fourth-order valence-corrected chi connectivity index (χ4v) is 14.0. The van der Waals surface area contributed by atoms with Crippen molar-refractivity contribution in [3.63, 3.8) is 0 Å². The van der Waals surface area contributed by atoms with Crippen LogP contribution in [0.4, 0.5) is 17.1 Å². The van der Waals surface area contributed by atoms with E-state index in [0.29, 0.717) is 11.8 Å². The van der Waals surface area contributed by atoms with Gasteiger partial charge in [-0.3, -0.25) is 0 Å². The molecule has 1 nitrogen and oxygen atoms in total. The monoisotopic (exact) mass is 747 g/mol. The Kier molecular flexibility index (Phi) is 7.89. The summed E-state index contributed by atoms with van der Waals surface area (Å²) in [6, 6.07) is 53.6. The van der Waals surface area contributed by atoms with E-state index in [1.165, 1.54) is 105 Å². The van der Waals surface area contributed by atoms with Crippen LogP contribution in [0.15, 0.2) is 149 Å². The average molecular weight is 748 g/mol. The van der Waals surface area contributed by atoms with Crippen LogP contribution >= 0.6 is 11.8 Å². The van der Waals surface area contributed by atoms with Crippen LogP contribution in [0.2, 0.25) is 0 Å². The molecule has 6 aromatic rings. The Morgan fingerprint density at radius 3 is 1.79 bits per heavy atom. The summed E-state index contributed by atoms with van der Waals surface area (Å²) in [5, 5.41) is 0. The summed E-state index contributed by atoms with van der Waals surface area (Å²) in [7, 11) is 0. The summed E-state index contributed by atoms with van der Waals surface area (Å²) in [6.45, 7) is 9.88. The second kappa shape index (κ2) is 12.7. The van der Waals surface area contributed by atoms with Gasteiger partial charge in [-0.15, -0.1) is 0 Å². The molecule has 0 radical (unpaired) electrons. The molecule has 4 fully saturated rings. The second-order valence-corrected chi connectivity index (χ2v) is 20.3. The maximum Gasteiger partial charge on any atom is 0.0502 e. The highest BCUT2D eigenvalue weighted by Gasteiger charge is 2.61. The maximum atomic E-state index is 2.70. The van der Waals surface area contributed by atoms with E-state index in [2.05, 4.69) is 172 Å². The van der Waals surface area contributed by atoms with Crippen LogP contribution in [0.1, 0.15) is 94.9 Å². The van der Waals surface area contributed by atoms with Crippen molar-refractivity contribution in [2.45, 2.75) is 98.7 Å². The zero-order chi connectivity index (χ0) is 37.8. The van der Waals surface area contributed by atoms with Gasteiger partial charge in [0.2, 0.25) is 0 Å². The van der Waals surface area contributed by atoms with Crippen molar-refractivity contribution in [3.8, 4) is 22.3 Å². The normalized spacial score (nSPS) is 26.0. The van der Waals surface area contributed by atoms with Gasteiger partial charge in [-0.05, 0) is 166 Å². The SMILES string of the molecule is CC1(C)CCC(C)(C)c2c(N(c3ccc(-c4ccccc4)cc3)c3ccc4c(c3)C3(c5c(cccc5-c5ccccc5)S4)C4CC5CC(C4)CC3C5)cccc21. The molecule has 1 heterocycles. The van der Waals surface area contributed by atoms with Gasteiger partial charge in [0, 0.05) is 26.6 Å². The standard InChI is InChI=1S/C54H53NS/c1-52(2)27-28-53(3,4)51-45(52)18-12-19-47(51)55(42-23-21-38(22-24-42)37-13-7-5-8-14-37)43-25-26-48-46(34-43)54(40-30-35-29-36(32-40)33-41(54)31-35)50-44(17-11-20-49(50)56-48)39-15-9-6-10-16-39/h5-26,34-36,40-41H,27-33H2,1-4H3. The van der Waals surface area contributed by atoms with Crippen molar-refractivity contribution < 1.29 is 0 Å². The first-order valence-electron chi connectivity index (χ1n) is 21.3. The van der Waals surface area contributed by atoms with E-state index in [1.807, 2.05) is 11.8 Å². The molecule has 0 saturated heterocycles. The number of benzene rings is 6. The van der Waals surface area contributed by atoms with E-state index in [1.54, 1.807) is 11.1 Å². The molecule has 1 aliphatic heterocycles. The smallest absolute Gasteiger partial charge is 0.0502 e. The van der Waals surface area contributed by atoms with Crippen molar-refractivity contribution in [2.24, 2.45) is 23.7 Å². The lowest BCUT2D eigenvalue weighted by atomic mass is 9.41. The molecule has 4 saturated carbocycles. The third kappa shape index (κ3) is 5.20. The van der Waals surface area contributed by atoms with E-state index >= 15 is 0 Å². The molecule has 0 aromatic heterocycles. The third-order valence-electron chi connectivity index (χ3n) is 15.1. The molecule has 0 amide bonds. The Bertz CT molecular complexity index is 2430. The number of hydrogen-bond acceptors (Lipinski definition) is 2. The lowest BCUT2D eigenvalue weighted by Crippen LogP contribution is -2.57. The molecule has 1 spiro atoms. The summed E-state index contributed by atoms with van der Waals surface area (Å²) in [5.74, 6) is 3.11. The highest BCUT2D eigenvalue weighted by atomic mass is 32.2. The van der Waals surface area contributed by atoms with E-state index in [4.69, 9.17) is 0 Å². The van der Waals surface area contributed by atoms with E-state index < -0.39 is 0 Å². The molecule has 4 bridgehead atoms. The van der Waals surface area contributed by atoms with E-state index in [-0.39, 0.29) is 16.2 Å². The zero-order valence-electron chi connectivity index (χ0n) is 33.4. The van der Waals surface area contributed by atoms with E-state index in [9.17, 15) is 0 Å². The van der Waals surface area contributed by atoms with Crippen molar-refractivity contribution in [1.82, 2.24) is 0 Å². The average Bonchev–Trinajstić information content (AvgIpc) is 3.22. The van der Waals surface area contributed by atoms with Gasteiger partial charge in [-0.1, -0.05) is 137 Å². The van der Waals surface area contributed by atoms with Gasteiger partial charge in [0.25, 0.3) is 0 Å². The van der Waals surface area contributed by atoms with Crippen LogP contribution in [-0.2, 0) is 16.2 Å². The van der Waals surface area contributed by atoms with Crippen molar-refractivity contribution in [1.29, 1.82) is 0 Å². The number of rotatable bonds is 5. The molecular weight excluding hydrogens is 695 g/mol. The summed E-state index contributed by atoms with van der Waals surface area (Å²) < 4.78 is 0. The minimum Gasteiger partial charge on any atom is -0.310 e. The fourth-order valence-electron chi connectivity index (χ4n) is 12.7. The zero-order valence-corrected chi connectivity index (χ0v) is 34.2. The predicted octanol–water partition coefficient (Wildman–Crippen LogP) is 15.0. The molecular formula is C54H53NS. The molecule has 280 valence electrons. The van der Waals surface area contributed by atoms with Gasteiger partial charge in [0.05, 0.1) is 5.69 Å². The topological polar surface area (TPSA) is 3.24 Å². The Hall–Kier alpha value is -4.53. The molecule has 5 aliphatic carbocycles. The number of anilines is 3. The van der Waals surface area contributed by atoms with Gasteiger partial charge in [-0.25, -0.2) is 0 Å². The van der Waals surface area contributed by atoms with Gasteiger partial charge in [0.15, 0.2) is 0 Å². The molecule has 0 N–H and O–H groups in total. The first kappa shape index (κ1) is 34.7. The first-order chi connectivity index (χ1) is 27.2. The lowest BCUT2D eigenvalue weighted by molar-refractivity contribution is -0.0441. The predicted molar refractivity (Wildman–Crippen MR) is 236 cm³/mol. The van der Waals surface area contributed by atoms with Gasteiger partial charge in [0.1, 0.15) is 0 Å². The van der Waals surface area contributed by atoms with Crippen LogP contribution in [0.25, 0.3) is 22.3 Å². The summed E-state index contributed by atoms with van der Waals surface area (Å²) in [5.41, 5.74) is 15.6. The van der Waals surface area contributed by atoms with E-state index in [0.717, 1.165) is 11.8 Å². The Balaban J connectivity index is 1.16. The molecule has 0 unspecified atom stereocenters. The Morgan fingerprint density at radius 2 is 1.09 bits per heavy atom. The first-order valence-corrected chi connectivity index (χ1v) is 22.1. The van der Waals surface area contributed by atoms with Crippen molar-refractivity contribution in [3.05, 3.63) is 162 Å². The second-order valence-electron chi connectivity index (χ2n) is 19.2. The van der Waals surface area contributed by atoms with Crippen LogP contribution in [0, 0.1) is 23.7 Å². The van der Waals surface area contributed by atoms with Crippen molar-refractivity contribution >= 4 is 28.8 Å². The van der Waals surface area contributed by atoms with Gasteiger partial charge in [-0.2, -0.15) is 0 Å². The van der Waals surface area contributed by atoms with Gasteiger partial charge >= 0.3 is 0 Å². The summed E-state index contributed by atoms with van der Waals surface area (Å²) >= 11 is 2.03. The summed E-state index contributed by atoms with van der Waals surface area (Å²) in [4.78, 5) is 5.59. The van der Waals surface area contributed by atoms with Crippen LogP contribution in [0.3, 0.4) is 0 Å². The Morgan fingerprint density at radius 1 is 0.482 bits per heavy atom. The largest absolute Gasteiger partial charge is 0.310 e. The Labute approximate surface area is 338 Å². The maximum absolute atomic E-state index is 2.70. The minimum absolute atomic E-state index is 0.00595. The molecule has 0 atom stereocenters. The summed E-state index contributed by atoms with van der Waals surface area (Å²) in [6.07, 6.45) is 9.30. The van der Waals surface area contributed by atoms with Crippen LogP contribution < -0.4 is 4.90 Å². The highest BCUT2D eigenvalue weighted by molar-refractivity contribution is 7.99. The van der Waals surface area contributed by atoms with Crippen molar-refractivity contribution in [2.75, 3.05) is 4.90 Å². The third-order valence-corrected chi connectivity index (χ3v) is 16.3. The molecule has 12 rings (SSSR count). The van der Waals surface area contributed by atoms with Crippen LogP contribution in [-0.4, -0.2) is 0 Å². The number of hydrogen-bond donors (Lipinski definition) is 0. The molecule has 56 heavy (non-hydrogen) atoms. The van der Waals surface area contributed by atoms with Gasteiger partial charge < -0.3 is 4.90 Å². The highest BCUT2D eigenvalue weighted by Crippen LogP contribution is 2.70. The number of fused-ring (bicyclic) bond motifs is 3. The fraction of sp³-hybridized carbons (Fsp3) is 0.333. The molecule has 6 aliphatic rings. The lowest BCUT2D eigenvalue weighted by Gasteiger charge is -2.63. The molecule has 2 heteroatoms.